The number of nitrogens with zero attached hydrogens (tertiary/aromatic N) is 2. The van der Waals surface area contributed by atoms with Crippen LogP contribution in [-0.2, 0) is 0 Å². The first kappa shape index (κ1) is 15.8. The van der Waals surface area contributed by atoms with E-state index in [0.29, 0.717) is 11.4 Å². The molecule has 0 bridgehead atoms. The zero-order valence-corrected chi connectivity index (χ0v) is 13.3. The number of aromatic nitrogens is 2. The highest BCUT2D eigenvalue weighted by atomic mass is 16.2. The molecule has 1 saturated heterocycles. The highest BCUT2D eigenvalue weighted by Crippen LogP contribution is 2.22. The number of hydrogen-bond donors (Lipinski definition) is 3. The lowest BCUT2D eigenvalue weighted by atomic mass is 10.1. The van der Waals surface area contributed by atoms with E-state index in [9.17, 15) is 4.79 Å². The molecule has 0 spiro atoms. The first-order valence-corrected chi connectivity index (χ1v) is 7.86. The molecule has 6 heteroatoms. The summed E-state index contributed by atoms with van der Waals surface area (Å²) >= 11 is 0. The van der Waals surface area contributed by atoms with Crippen molar-refractivity contribution >= 4 is 11.6 Å². The van der Waals surface area contributed by atoms with Gasteiger partial charge in [-0.05, 0) is 38.8 Å². The van der Waals surface area contributed by atoms with Crippen molar-refractivity contribution < 1.29 is 4.79 Å². The summed E-state index contributed by atoms with van der Waals surface area (Å²) in [7, 11) is 0. The minimum absolute atomic E-state index is 0.0919. The van der Waals surface area contributed by atoms with Gasteiger partial charge in [0.2, 0.25) is 0 Å². The molecular formula is C15H27N5O. The van der Waals surface area contributed by atoms with Crippen molar-refractivity contribution in [3.8, 4) is 0 Å². The van der Waals surface area contributed by atoms with Crippen LogP contribution in [-0.4, -0.2) is 46.7 Å². The van der Waals surface area contributed by atoms with Crippen LogP contribution in [0, 0.1) is 0 Å². The number of carbonyl (C=O) groups is 1. The van der Waals surface area contributed by atoms with Crippen molar-refractivity contribution in [1.29, 1.82) is 0 Å². The number of amides is 1. The number of carbonyl (C=O) groups excluding carboxylic acids is 1. The molecule has 21 heavy (non-hydrogen) atoms. The van der Waals surface area contributed by atoms with Crippen LogP contribution in [0.15, 0.2) is 0 Å². The fraction of sp³-hybridized carbons (Fsp3) is 0.733. The first-order valence-electron chi connectivity index (χ1n) is 7.86. The second kappa shape index (κ2) is 6.93. The third-order valence-corrected chi connectivity index (χ3v) is 3.98. The van der Waals surface area contributed by atoms with E-state index in [-0.39, 0.29) is 17.9 Å². The quantitative estimate of drug-likeness (QED) is 0.771. The largest absolute Gasteiger partial charge is 0.395 e. The van der Waals surface area contributed by atoms with E-state index in [0.717, 1.165) is 25.3 Å². The standard InChI is InChI=1S/C15H27N5O/c1-10(2)13-12(16)14(19-18-13)15(21)17-11(3)9-20-7-5-4-6-8-20/h10-11H,4-9,16H2,1-3H3,(H,17,21)(H,18,19). The maximum absolute atomic E-state index is 12.3. The van der Waals surface area contributed by atoms with Crippen molar-refractivity contribution in [3.05, 3.63) is 11.4 Å². The molecule has 1 aliphatic rings. The summed E-state index contributed by atoms with van der Waals surface area (Å²) in [6.45, 7) is 9.20. The second-order valence-electron chi connectivity index (χ2n) is 6.29. The minimum atomic E-state index is -0.194. The van der Waals surface area contributed by atoms with Crippen LogP contribution >= 0.6 is 0 Å². The number of anilines is 1. The maximum Gasteiger partial charge on any atom is 0.274 e. The molecule has 118 valence electrons. The van der Waals surface area contributed by atoms with Gasteiger partial charge >= 0.3 is 0 Å². The second-order valence-corrected chi connectivity index (χ2v) is 6.29. The molecule has 2 rings (SSSR count). The molecule has 0 aromatic carbocycles. The zero-order valence-electron chi connectivity index (χ0n) is 13.3. The predicted octanol–water partition coefficient (Wildman–Crippen LogP) is 1.72. The molecule has 0 saturated carbocycles. The molecule has 2 heterocycles. The van der Waals surface area contributed by atoms with Crippen molar-refractivity contribution in [2.75, 3.05) is 25.4 Å². The number of likely N-dealkylation sites (tertiary alicyclic amines) is 1. The molecule has 6 nitrogen and oxygen atoms in total. The predicted molar refractivity (Wildman–Crippen MR) is 84.3 cm³/mol. The van der Waals surface area contributed by atoms with Crippen molar-refractivity contribution in [2.24, 2.45) is 0 Å². The molecule has 1 aromatic rings. The summed E-state index contributed by atoms with van der Waals surface area (Å²) in [5.41, 5.74) is 7.60. The summed E-state index contributed by atoms with van der Waals surface area (Å²) in [5, 5.41) is 9.92. The van der Waals surface area contributed by atoms with Gasteiger partial charge < -0.3 is 16.0 Å². The van der Waals surface area contributed by atoms with E-state index in [4.69, 9.17) is 5.73 Å². The fourth-order valence-corrected chi connectivity index (χ4v) is 2.84. The molecule has 1 aliphatic heterocycles. The average molecular weight is 293 g/mol. The fourth-order valence-electron chi connectivity index (χ4n) is 2.84. The Kier molecular flexibility index (Phi) is 5.22. The van der Waals surface area contributed by atoms with Gasteiger partial charge in [0.1, 0.15) is 0 Å². The monoisotopic (exact) mass is 293 g/mol. The highest BCUT2D eigenvalue weighted by molar-refractivity contribution is 5.97. The Hall–Kier alpha value is -1.56. The van der Waals surface area contributed by atoms with Gasteiger partial charge in [-0.2, -0.15) is 5.10 Å². The highest BCUT2D eigenvalue weighted by Gasteiger charge is 2.21. The van der Waals surface area contributed by atoms with E-state index in [1.807, 2.05) is 20.8 Å². The van der Waals surface area contributed by atoms with Crippen molar-refractivity contribution in [2.45, 2.75) is 52.0 Å². The Bertz CT molecular complexity index is 476. The van der Waals surface area contributed by atoms with Gasteiger partial charge in [-0.25, -0.2) is 0 Å². The number of nitrogens with two attached hydrogens (primary N) is 1. The number of nitrogen functional groups attached to an aromatic ring is 1. The first-order chi connectivity index (χ1) is 9.99. The Labute approximate surface area is 126 Å². The minimum Gasteiger partial charge on any atom is -0.395 e. The van der Waals surface area contributed by atoms with Crippen LogP contribution in [0.5, 0.6) is 0 Å². The van der Waals surface area contributed by atoms with Crippen molar-refractivity contribution in [3.63, 3.8) is 0 Å². The van der Waals surface area contributed by atoms with Gasteiger partial charge in [0.15, 0.2) is 5.69 Å². The van der Waals surface area contributed by atoms with Gasteiger partial charge in [-0.1, -0.05) is 20.3 Å². The molecule has 0 radical (unpaired) electrons. The van der Waals surface area contributed by atoms with E-state index in [1.165, 1.54) is 19.3 Å². The number of hydrogen-bond acceptors (Lipinski definition) is 4. The van der Waals surface area contributed by atoms with Crippen LogP contribution in [0.4, 0.5) is 5.69 Å². The smallest absolute Gasteiger partial charge is 0.274 e. The third-order valence-electron chi connectivity index (χ3n) is 3.98. The lowest BCUT2D eigenvalue weighted by Gasteiger charge is -2.29. The molecule has 0 aliphatic carbocycles. The Morgan fingerprint density at radius 2 is 2.00 bits per heavy atom. The molecule has 1 amide bonds. The zero-order chi connectivity index (χ0) is 15.4. The Balaban J connectivity index is 1.91. The van der Waals surface area contributed by atoms with Crippen LogP contribution < -0.4 is 11.1 Å². The van der Waals surface area contributed by atoms with Gasteiger partial charge in [0.25, 0.3) is 5.91 Å². The van der Waals surface area contributed by atoms with Gasteiger partial charge in [-0.3, -0.25) is 9.89 Å². The molecule has 1 fully saturated rings. The average Bonchev–Trinajstić information content (AvgIpc) is 2.81. The molecule has 1 unspecified atom stereocenters. The lowest BCUT2D eigenvalue weighted by molar-refractivity contribution is 0.0921. The number of H-pyrrole nitrogens is 1. The molecule has 1 aromatic heterocycles. The van der Waals surface area contributed by atoms with Crippen LogP contribution in [0.2, 0.25) is 0 Å². The number of rotatable bonds is 5. The van der Waals surface area contributed by atoms with E-state index in [1.54, 1.807) is 0 Å². The van der Waals surface area contributed by atoms with Crippen LogP contribution in [0.25, 0.3) is 0 Å². The number of aromatic amines is 1. The van der Waals surface area contributed by atoms with Gasteiger partial charge in [0, 0.05) is 12.6 Å². The van der Waals surface area contributed by atoms with Crippen LogP contribution in [0.1, 0.15) is 62.1 Å². The molecule has 1 atom stereocenters. The number of nitrogens with one attached hydrogen (secondary N) is 2. The third kappa shape index (κ3) is 3.97. The summed E-state index contributed by atoms with van der Waals surface area (Å²) in [6, 6.07) is 0.0919. The van der Waals surface area contributed by atoms with E-state index >= 15 is 0 Å². The van der Waals surface area contributed by atoms with Crippen molar-refractivity contribution in [1.82, 2.24) is 20.4 Å². The SMILES string of the molecule is CC(CN1CCCCC1)NC(=O)c1n[nH]c(C(C)C)c1N. The van der Waals surface area contributed by atoms with E-state index < -0.39 is 0 Å². The lowest BCUT2D eigenvalue weighted by Crippen LogP contribution is -2.43. The normalized spacial score (nSPS) is 17.9. The Morgan fingerprint density at radius 1 is 1.33 bits per heavy atom. The van der Waals surface area contributed by atoms with Gasteiger partial charge in [0.05, 0.1) is 11.4 Å². The molecular weight excluding hydrogens is 266 g/mol. The summed E-state index contributed by atoms with van der Waals surface area (Å²) < 4.78 is 0. The summed E-state index contributed by atoms with van der Waals surface area (Å²) in [6.07, 6.45) is 3.83. The number of piperidine rings is 1. The molecule has 4 N–H and O–H groups in total. The summed E-state index contributed by atoms with van der Waals surface area (Å²) in [4.78, 5) is 14.7. The maximum atomic E-state index is 12.3. The van der Waals surface area contributed by atoms with E-state index in [2.05, 4.69) is 20.4 Å². The Morgan fingerprint density at radius 3 is 2.57 bits per heavy atom. The van der Waals surface area contributed by atoms with Crippen LogP contribution in [0.3, 0.4) is 0 Å². The topological polar surface area (TPSA) is 87.0 Å². The summed E-state index contributed by atoms with van der Waals surface area (Å²) in [5.74, 6) is 0.0324. The van der Waals surface area contributed by atoms with Gasteiger partial charge in [-0.15, -0.1) is 0 Å².